The molecule has 0 aliphatic carbocycles. The minimum absolute atomic E-state index is 0.169. The summed E-state index contributed by atoms with van der Waals surface area (Å²) in [5.74, 6) is 0.846. The lowest BCUT2D eigenvalue weighted by molar-refractivity contribution is 0.227. The minimum Gasteiger partial charge on any atom is -0.497 e. The lowest BCUT2D eigenvalue weighted by Gasteiger charge is -2.28. The van der Waals surface area contributed by atoms with Gasteiger partial charge < -0.3 is 15.4 Å². The van der Waals surface area contributed by atoms with Crippen LogP contribution in [0.5, 0.6) is 5.75 Å². The summed E-state index contributed by atoms with van der Waals surface area (Å²) < 4.78 is 5.26. The molecule has 26 heavy (non-hydrogen) atoms. The average molecular weight is 353 g/mol. The summed E-state index contributed by atoms with van der Waals surface area (Å²) in [7, 11) is 1.67. The first kappa shape index (κ1) is 18.3. The lowest BCUT2D eigenvalue weighted by Crippen LogP contribution is -2.38. The van der Waals surface area contributed by atoms with Gasteiger partial charge in [0, 0.05) is 12.2 Å². The second kappa shape index (κ2) is 8.72. The highest BCUT2D eigenvalue weighted by molar-refractivity contribution is 5.90. The van der Waals surface area contributed by atoms with Crippen molar-refractivity contribution < 1.29 is 9.53 Å². The van der Waals surface area contributed by atoms with Crippen LogP contribution in [0.3, 0.4) is 0 Å². The quantitative estimate of drug-likeness (QED) is 0.826. The standard InChI is InChI=1S/C21H27N3O2/c1-16-7-3-4-8-19(16)23-21(25)22-15-20(24-13-5-6-14-24)17-9-11-18(26-2)12-10-17/h3-4,7-12,20H,5-6,13-15H2,1-2H3,(H2,22,23,25)/t20-/m0/s1. The van der Waals surface area contributed by atoms with E-state index in [1.807, 2.05) is 43.3 Å². The van der Waals surface area contributed by atoms with Gasteiger partial charge in [-0.3, -0.25) is 4.90 Å². The molecule has 0 unspecified atom stereocenters. The number of aryl methyl sites for hydroxylation is 1. The monoisotopic (exact) mass is 353 g/mol. The smallest absolute Gasteiger partial charge is 0.319 e. The number of ether oxygens (including phenoxy) is 1. The fourth-order valence-corrected chi connectivity index (χ4v) is 3.41. The highest BCUT2D eigenvalue weighted by atomic mass is 16.5. The van der Waals surface area contributed by atoms with Crippen LogP contribution in [0.2, 0.25) is 0 Å². The predicted octanol–water partition coefficient (Wildman–Crippen LogP) is 3.96. The molecule has 2 amide bonds. The van der Waals surface area contributed by atoms with Crippen molar-refractivity contribution in [2.24, 2.45) is 0 Å². The van der Waals surface area contributed by atoms with E-state index in [0.717, 1.165) is 30.1 Å². The summed E-state index contributed by atoms with van der Waals surface area (Å²) in [6, 6.07) is 15.9. The molecule has 3 rings (SSSR count). The summed E-state index contributed by atoms with van der Waals surface area (Å²) in [5.41, 5.74) is 3.09. The molecule has 2 N–H and O–H groups in total. The van der Waals surface area contributed by atoms with E-state index < -0.39 is 0 Å². The number of anilines is 1. The van der Waals surface area contributed by atoms with Crippen LogP contribution in [0.15, 0.2) is 48.5 Å². The number of rotatable bonds is 6. The molecule has 5 heteroatoms. The maximum Gasteiger partial charge on any atom is 0.319 e. The Kier molecular flexibility index (Phi) is 6.12. The molecule has 2 aromatic carbocycles. The van der Waals surface area contributed by atoms with Crippen molar-refractivity contribution in [1.29, 1.82) is 0 Å². The van der Waals surface area contributed by atoms with Gasteiger partial charge in [0.05, 0.1) is 13.2 Å². The summed E-state index contributed by atoms with van der Waals surface area (Å²) in [6.07, 6.45) is 2.42. The first-order chi connectivity index (χ1) is 12.7. The van der Waals surface area contributed by atoms with Gasteiger partial charge in [-0.25, -0.2) is 4.79 Å². The molecular formula is C21H27N3O2. The third-order valence-corrected chi connectivity index (χ3v) is 4.93. The number of nitrogens with one attached hydrogen (secondary N) is 2. The fraction of sp³-hybridized carbons (Fsp3) is 0.381. The molecule has 5 nitrogen and oxygen atoms in total. The third kappa shape index (κ3) is 4.55. The summed E-state index contributed by atoms with van der Waals surface area (Å²) in [5, 5.41) is 5.98. The Bertz CT molecular complexity index is 724. The van der Waals surface area contributed by atoms with Crippen molar-refractivity contribution in [3.05, 3.63) is 59.7 Å². The number of carbonyl (C=O) groups excluding carboxylic acids is 1. The average Bonchev–Trinajstić information content (AvgIpc) is 3.19. The van der Waals surface area contributed by atoms with Crippen molar-refractivity contribution in [1.82, 2.24) is 10.2 Å². The van der Waals surface area contributed by atoms with Crippen LogP contribution in [-0.4, -0.2) is 37.7 Å². The highest BCUT2D eigenvalue weighted by Crippen LogP contribution is 2.26. The Morgan fingerprint density at radius 3 is 2.46 bits per heavy atom. The summed E-state index contributed by atoms with van der Waals surface area (Å²) in [6.45, 7) is 4.69. The molecule has 0 spiro atoms. The maximum absolute atomic E-state index is 12.4. The number of para-hydroxylation sites is 1. The number of nitrogens with zero attached hydrogens (tertiary/aromatic N) is 1. The number of carbonyl (C=O) groups is 1. The number of benzene rings is 2. The van der Waals surface area contributed by atoms with Crippen LogP contribution in [0.25, 0.3) is 0 Å². The van der Waals surface area contributed by atoms with Crippen LogP contribution in [0.4, 0.5) is 10.5 Å². The van der Waals surface area contributed by atoms with Gasteiger partial charge in [-0.1, -0.05) is 30.3 Å². The molecule has 1 fully saturated rings. The molecule has 1 saturated heterocycles. The molecule has 1 atom stereocenters. The molecule has 2 aromatic rings. The molecule has 138 valence electrons. The van der Waals surface area contributed by atoms with Crippen LogP contribution in [0, 0.1) is 6.92 Å². The van der Waals surface area contributed by atoms with E-state index in [2.05, 4.69) is 27.7 Å². The van der Waals surface area contributed by atoms with Gasteiger partial charge in [-0.05, 0) is 62.2 Å². The second-order valence-corrected chi connectivity index (χ2v) is 6.68. The Morgan fingerprint density at radius 1 is 1.12 bits per heavy atom. The molecule has 1 aliphatic rings. The van der Waals surface area contributed by atoms with Crippen LogP contribution in [-0.2, 0) is 0 Å². The minimum atomic E-state index is -0.169. The van der Waals surface area contributed by atoms with Crippen molar-refractivity contribution >= 4 is 11.7 Å². The van der Waals surface area contributed by atoms with Gasteiger partial charge in [-0.15, -0.1) is 0 Å². The van der Waals surface area contributed by atoms with Crippen molar-refractivity contribution in [3.8, 4) is 5.75 Å². The van der Waals surface area contributed by atoms with Crippen LogP contribution < -0.4 is 15.4 Å². The first-order valence-corrected chi connectivity index (χ1v) is 9.16. The van der Waals surface area contributed by atoms with Crippen molar-refractivity contribution in [3.63, 3.8) is 0 Å². The summed E-state index contributed by atoms with van der Waals surface area (Å²) in [4.78, 5) is 14.8. The Morgan fingerprint density at radius 2 is 1.81 bits per heavy atom. The zero-order chi connectivity index (χ0) is 18.4. The van der Waals surface area contributed by atoms with Crippen LogP contribution in [0.1, 0.15) is 30.0 Å². The number of urea groups is 1. The van der Waals surface area contributed by atoms with Crippen molar-refractivity contribution in [2.75, 3.05) is 32.1 Å². The molecule has 1 aliphatic heterocycles. The lowest BCUT2D eigenvalue weighted by atomic mass is 10.1. The van der Waals surface area contributed by atoms with E-state index in [1.165, 1.54) is 18.4 Å². The first-order valence-electron chi connectivity index (χ1n) is 9.16. The number of hydrogen-bond acceptors (Lipinski definition) is 3. The normalized spacial score (nSPS) is 15.5. The largest absolute Gasteiger partial charge is 0.497 e. The van der Waals surface area contributed by atoms with Gasteiger partial charge >= 0.3 is 6.03 Å². The molecule has 0 bridgehead atoms. The third-order valence-electron chi connectivity index (χ3n) is 4.93. The van der Waals surface area contributed by atoms with Crippen molar-refractivity contribution in [2.45, 2.75) is 25.8 Å². The molecule has 0 radical (unpaired) electrons. The van der Waals surface area contributed by atoms with E-state index in [-0.39, 0.29) is 12.1 Å². The predicted molar refractivity (Wildman–Crippen MR) is 105 cm³/mol. The highest BCUT2D eigenvalue weighted by Gasteiger charge is 2.24. The number of methoxy groups -OCH3 is 1. The molecule has 0 aromatic heterocycles. The number of likely N-dealkylation sites (tertiary alicyclic amines) is 1. The van der Waals surface area contributed by atoms with E-state index in [4.69, 9.17) is 4.74 Å². The van der Waals surface area contributed by atoms with Gasteiger partial charge in [0.15, 0.2) is 0 Å². The van der Waals surface area contributed by atoms with E-state index in [1.54, 1.807) is 7.11 Å². The summed E-state index contributed by atoms with van der Waals surface area (Å²) >= 11 is 0. The van der Waals surface area contributed by atoms with Gasteiger partial charge in [0.25, 0.3) is 0 Å². The Balaban J connectivity index is 1.65. The molecular weight excluding hydrogens is 326 g/mol. The fourth-order valence-electron chi connectivity index (χ4n) is 3.41. The Labute approximate surface area is 155 Å². The van der Waals surface area contributed by atoms with Gasteiger partial charge in [0.2, 0.25) is 0 Å². The molecule has 1 heterocycles. The van der Waals surface area contributed by atoms with E-state index in [0.29, 0.717) is 6.54 Å². The second-order valence-electron chi connectivity index (χ2n) is 6.68. The maximum atomic E-state index is 12.4. The van der Waals surface area contributed by atoms with E-state index >= 15 is 0 Å². The zero-order valence-electron chi connectivity index (χ0n) is 15.5. The van der Waals surface area contributed by atoms with Crippen LogP contribution >= 0.6 is 0 Å². The van der Waals surface area contributed by atoms with Gasteiger partial charge in [-0.2, -0.15) is 0 Å². The number of amides is 2. The molecule has 0 saturated carbocycles. The zero-order valence-corrected chi connectivity index (χ0v) is 15.5. The van der Waals surface area contributed by atoms with Gasteiger partial charge in [0.1, 0.15) is 5.75 Å². The number of hydrogen-bond donors (Lipinski definition) is 2. The topological polar surface area (TPSA) is 53.6 Å². The SMILES string of the molecule is COc1ccc([C@H](CNC(=O)Nc2ccccc2C)N2CCCC2)cc1. The Hall–Kier alpha value is -2.53. The van der Waals surface area contributed by atoms with E-state index in [9.17, 15) is 4.79 Å².